The Bertz CT molecular complexity index is 564. The molecular weight excluding hydrogens is 260 g/mol. The van der Waals surface area contributed by atoms with E-state index < -0.39 is 0 Å². The summed E-state index contributed by atoms with van der Waals surface area (Å²) >= 11 is 0. The lowest BCUT2D eigenvalue weighted by Gasteiger charge is -2.25. The predicted molar refractivity (Wildman–Crippen MR) is 89.5 cm³/mol. The lowest BCUT2D eigenvalue weighted by Crippen LogP contribution is -2.25. The zero-order valence-corrected chi connectivity index (χ0v) is 13.4. The van der Waals surface area contributed by atoms with E-state index in [1.54, 1.807) is 0 Å². The highest BCUT2D eigenvalue weighted by atomic mass is 15.2. The van der Waals surface area contributed by atoms with Crippen molar-refractivity contribution in [3.63, 3.8) is 0 Å². The van der Waals surface area contributed by atoms with E-state index in [1.807, 2.05) is 13.0 Å². The second-order valence-corrected chi connectivity index (χ2v) is 4.88. The molecule has 0 N–H and O–H groups in total. The highest BCUT2D eigenvalue weighted by Crippen LogP contribution is 2.26. The Morgan fingerprint density at radius 3 is 2.05 bits per heavy atom. The summed E-state index contributed by atoms with van der Waals surface area (Å²) in [6, 6.07) is 12.4. The van der Waals surface area contributed by atoms with E-state index >= 15 is 0 Å². The standard InChI is InChI=1S/C17H24N4/c1-5-20(6-2)16-13-17(19-14(4)18-16)21(7-3)15-11-9-8-10-12-15/h8-13H,5-7H2,1-4H3. The first kappa shape index (κ1) is 15.3. The molecule has 0 bridgehead atoms. The van der Waals surface area contributed by atoms with Gasteiger partial charge in [-0.1, -0.05) is 18.2 Å². The summed E-state index contributed by atoms with van der Waals surface area (Å²) in [5, 5.41) is 0. The minimum atomic E-state index is 0.809. The molecule has 0 saturated carbocycles. The van der Waals surface area contributed by atoms with Crippen molar-refractivity contribution >= 4 is 17.3 Å². The van der Waals surface area contributed by atoms with Gasteiger partial charge in [0, 0.05) is 31.4 Å². The minimum Gasteiger partial charge on any atom is -0.357 e. The maximum absolute atomic E-state index is 4.62. The molecule has 0 unspecified atom stereocenters. The van der Waals surface area contributed by atoms with Crippen molar-refractivity contribution < 1.29 is 0 Å². The van der Waals surface area contributed by atoms with Crippen LogP contribution in [0.15, 0.2) is 36.4 Å². The normalized spacial score (nSPS) is 10.5. The number of rotatable bonds is 6. The van der Waals surface area contributed by atoms with Gasteiger partial charge in [-0.25, -0.2) is 9.97 Å². The van der Waals surface area contributed by atoms with Crippen LogP contribution < -0.4 is 9.80 Å². The molecule has 1 aromatic heterocycles. The summed E-state index contributed by atoms with van der Waals surface area (Å²) in [5.74, 6) is 2.76. The molecule has 0 aliphatic rings. The molecule has 21 heavy (non-hydrogen) atoms. The highest BCUT2D eigenvalue weighted by molar-refractivity contribution is 5.62. The van der Waals surface area contributed by atoms with Gasteiger partial charge < -0.3 is 9.80 Å². The molecule has 4 heteroatoms. The Hall–Kier alpha value is -2.10. The van der Waals surface area contributed by atoms with Crippen LogP contribution in [-0.4, -0.2) is 29.6 Å². The van der Waals surface area contributed by atoms with E-state index in [9.17, 15) is 0 Å². The number of benzene rings is 1. The fourth-order valence-electron chi connectivity index (χ4n) is 2.47. The Morgan fingerprint density at radius 2 is 1.48 bits per heavy atom. The van der Waals surface area contributed by atoms with Crippen molar-refractivity contribution in [2.24, 2.45) is 0 Å². The van der Waals surface area contributed by atoms with Crippen LogP contribution in [0.4, 0.5) is 17.3 Å². The van der Waals surface area contributed by atoms with Crippen LogP contribution in [0.1, 0.15) is 26.6 Å². The van der Waals surface area contributed by atoms with E-state index in [2.05, 4.69) is 70.9 Å². The molecule has 1 aromatic carbocycles. The molecule has 0 spiro atoms. The van der Waals surface area contributed by atoms with Crippen molar-refractivity contribution in [3.05, 3.63) is 42.2 Å². The second kappa shape index (κ2) is 7.07. The van der Waals surface area contributed by atoms with Gasteiger partial charge in [0.2, 0.25) is 0 Å². The van der Waals surface area contributed by atoms with Gasteiger partial charge in [-0.05, 0) is 39.8 Å². The van der Waals surface area contributed by atoms with E-state index in [1.165, 1.54) is 0 Å². The molecule has 0 aliphatic heterocycles. The molecule has 0 fully saturated rings. The molecule has 0 amide bonds. The smallest absolute Gasteiger partial charge is 0.138 e. The van der Waals surface area contributed by atoms with Gasteiger partial charge in [-0.2, -0.15) is 0 Å². The first-order chi connectivity index (χ1) is 10.2. The summed E-state index contributed by atoms with van der Waals surface area (Å²) in [4.78, 5) is 13.7. The van der Waals surface area contributed by atoms with Crippen LogP contribution in [0.3, 0.4) is 0 Å². The number of para-hydroxylation sites is 1. The fourth-order valence-corrected chi connectivity index (χ4v) is 2.47. The third-order valence-corrected chi connectivity index (χ3v) is 3.56. The van der Waals surface area contributed by atoms with Gasteiger partial charge in [0.1, 0.15) is 17.5 Å². The largest absolute Gasteiger partial charge is 0.357 e. The molecule has 0 saturated heterocycles. The third-order valence-electron chi connectivity index (χ3n) is 3.56. The Balaban J connectivity index is 2.42. The summed E-state index contributed by atoms with van der Waals surface area (Å²) < 4.78 is 0. The van der Waals surface area contributed by atoms with Gasteiger partial charge in [0.05, 0.1) is 0 Å². The van der Waals surface area contributed by atoms with E-state index in [-0.39, 0.29) is 0 Å². The van der Waals surface area contributed by atoms with Gasteiger partial charge in [0.25, 0.3) is 0 Å². The number of anilines is 3. The molecule has 2 rings (SSSR count). The Labute approximate surface area is 127 Å². The number of hydrogen-bond acceptors (Lipinski definition) is 4. The minimum absolute atomic E-state index is 0.809. The maximum atomic E-state index is 4.62. The van der Waals surface area contributed by atoms with Crippen molar-refractivity contribution in [1.82, 2.24) is 9.97 Å². The van der Waals surface area contributed by atoms with Crippen LogP contribution in [-0.2, 0) is 0 Å². The maximum Gasteiger partial charge on any atom is 0.138 e. The average molecular weight is 284 g/mol. The third kappa shape index (κ3) is 3.51. The van der Waals surface area contributed by atoms with Crippen molar-refractivity contribution in [1.29, 1.82) is 0 Å². The number of aromatic nitrogens is 2. The fraction of sp³-hybridized carbons (Fsp3) is 0.412. The monoisotopic (exact) mass is 284 g/mol. The van der Waals surface area contributed by atoms with Crippen LogP contribution in [0.2, 0.25) is 0 Å². The molecule has 2 aromatic rings. The van der Waals surface area contributed by atoms with E-state index in [0.717, 1.165) is 42.8 Å². The molecule has 0 aliphatic carbocycles. The quantitative estimate of drug-likeness (QED) is 0.808. The second-order valence-electron chi connectivity index (χ2n) is 4.88. The average Bonchev–Trinajstić information content (AvgIpc) is 2.50. The number of aryl methyl sites for hydroxylation is 1. The van der Waals surface area contributed by atoms with Crippen LogP contribution in [0.25, 0.3) is 0 Å². The lowest BCUT2D eigenvalue weighted by atomic mass is 10.3. The molecule has 4 nitrogen and oxygen atoms in total. The van der Waals surface area contributed by atoms with Crippen molar-refractivity contribution in [2.45, 2.75) is 27.7 Å². The first-order valence-corrected chi connectivity index (χ1v) is 7.62. The highest BCUT2D eigenvalue weighted by Gasteiger charge is 2.13. The summed E-state index contributed by atoms with van der Waals surface area (Å²) in [5.41, 5.74) is 1.16. The van der Waals surface area contributed by atoms with E-state index in [0.29, 0.717) is 0 Å². The topological polar surface area (TPSA) is 32.3 Å². The number of hydrogen-bond donors (Lipinski definition) is 0. The molecule has 0 radical (unpaired) electrons. The zero-order chi connectivity index (χ0) is 15.2. The van der Waals surface area contributed by atoms with Crippen LogP contribution in [0.5, 0.6) is 0 Å². The van der Waals surface area contributed by atoms with Crippen molar-refractivity contribution in [3.8, 4) is 0 Å². The molecule has 112 valence electrons. The van der Waals surface area contributed by atoms with Gasteiger partial charge >= 0.3 is 0 Å². The molecular formula is C17H24N4. The van der Waals surface area contributed by atoms with Gasteiger partial charge in [0.15, 0.2) is 0 Å². The molecule has 1 heterocycles. The SMILES string of the molecule is CCN(CC)c1cc(N(CC)c2ccccc2)nc(C)n1. The predicted octanol–water partition coefficient (Wildman–Crippen LogP) is 3.79. The summed E-state index contributed by atoms with van der Waals surface area (Å²) in [6.07, 6.45) is 0. The summed E-state index contributed by atoms with van der Waals surface area (Å²) in [7, 11) is 0. The van der Waals surface area contributed by atoms with Crippen LogP contribution >= 0.6 is 0 Å². The van der Waals surface area contributed by atoms with Gasteiger partial charge in [-0.15, -0.1) is 0 Å². The zero-order valence-electron chi connectivity index (χ0n) is 13.4. The first-order valence-electron chi connectivity index (χ1n) is 7.62. The lowest BCUT2D eigenvalue weighted by molar-refractivity contribution is 0.830. The molecule has 0 atom stereocenters. The van der Waals surface area contributed by atoms with Crippen molar-refractivity contribution in [2.75, 3.05) is 29.4 Å². The Kier molecular flexibility index (Phi) is 5.14. The Morgan fingerprint density at radius 1 is 0.857 bits per heavy atom. The summed E-state index contributed by atoms with van der Waals surface area (Å²) in [6.45, 7) is 11.2. The van der Waals surface area contributed by atoms with Crippen LogP contribution in [0, 0.1) is 6.92 Å². The van der Waals surface area contributed by atoms with Gasteiger partial charge in [-0.3, -0.25) is 0 Å². The van der Waals surface area contributed by atoms with E-state index in [4.69, 9.17) is 0 Å². The number of nitrogens with zero attached hydrogens (tertiary/aromatic N) is 4.